The van der Waals surface area contributed by atoms with Crippen LogP contribution < -0.4 is 14.8 Å². The van der Waals surface area contributed by atoms with Gasteiger partial charge in [-0.05, 0) is 48.4 Å². The summed E-state index contributed by atoms with van der Waals surface area (Å²) in [6.07, 6.45) is 0.621. The van der Waals surface area contributed by atoms with Gasteiger partial charge in [0, 0.05) is 29.4 Å². The average molecular weight is 445 g/mol. The van der Waals surface area contributed by atoms with Crippen molar-refractivity contribution in [2.24, 2.45) is 0 Å². The van der Waals surface area contributed by atoms with Gasteiger partial charge in [-0.1, -0.05) is 30.1 Å². The Morgan fingerprint density at radius 1 is 1.06 bits per heavy atom. The Bertz CT molecular complexity index is 1210. The summed E-state index contributed by atoms with van der Waals surface area (Å²) in [7, 11) is 0. The van der Waals surface area contributed by atoms with Crippen molar-refractivity contribution in [2.75, 3.05) is 16.3 Å². The van der Waals surface area contributed by atoms with Crippen LogP contribution in [0.4, 0.5) is 30.4 Å². The van der Waals surface area contributed by atoms with E-state index in [0.29, 0.717) is 22.6 Å². The molecule has 10 heteroatoms. The maximum Gasteiger partial charge on any atom is 0.573 e. The number of benzene rings is 2. The Morgan fingerprint density at radius 2 is 1.84 bits per heavy atom. The van der Waals surface area contributed by atoms with Crippen LogP contribution in [-0.2, 0) is 0 Å². The van der Waals surface area contributed by atoms with Crippen LogP contribution >= 0.6 is 11.9 Å². The molecule has 0 amide bonds. The number of nitrogens with zero attached hydrogens (tertiary/aromatic N) is 3. The van der Waals surface area contributed by atoms with Crippen molar-refractivity contribution in [3.63, 3.8) is 0 Å². The van der Waals surface area contributed by atoms with E-state index in [4.69, 9.17) is 0 Å². The molecular weight excluding hydrogens is 427 g/mol. The van der Waals surface area contributed by atoms with Gasteiger partial charge < -0.3 is 14.8 Å². The van der Waals surface area contributed by atoms with Crippen LogP contribution in [0.2, 0.25) is 0 Å². The predicted octanol–water partition coefficient (Wildman–Crippen LogP) is 6.04. The summed E-state index contributed by atoms with van der Waals surface area (Å²) >= 11 is 1.51. The predicted molar refractivity (Wildman–Crippen MR) is 117 cm³/mol. The molecule has 0 fully saturated rings. The summed E-state index contributed by atoms with van der Waals surface area (Å²) in [5.41, 5.74) is 4.94. The summed E-state index contributed by atoms with van der Waals surface area (Å²) in [4.78, 5) is 4.64. The Labute approximate surface area is 180 Å². The smallest absolute Gasteiger partial charge is 0.406 e. The first-order valence-corrected chi connectivity index (χ1v) is 10.4. The molecule has 0 aliphatic rings. The molecule has 2 aromatic heterocycles. The zero-order valence-electron chi connectivity index (χ0n) is 16.6. The average Bonchev–Trinajstić information content (AvgIpc) is 3.13. The van der Waals surface area contributed by atoms with Crippen LogP contribution in [0.5, 0.6) is 5.75 Å². The van der Waals surface area contributed by atoms with Crippen LogP contribution in [0.25, 0.3) is 16.8 Å². The fourth-order valence-electron chi connectivity index (χ4n) is 3.05. The van der Waals surface area contributed by atoms with E-state index in [-0.39, 0.29) is 5.75 Å². The van der Waals surface area contributed by atoms with E-state index in [1.807, 2.05) is 31.4 Å². The number of fused-ring (bicyclic) bond motifs is 1. The highest BCUT2D eigenvalue weighted by atomic mass is 32.2. The number of aryl methyl sites for hydroxylation is 1. The van der Waals surface area contributed by atoms with Gasteiger partial charge in [0.25, 0.3) is 0 Å². The number of hydrogen-bond acceptors (Lipinski definition) is 6. The number of hydrogen-bond donors (Lipinski definition) is 2. The summed E-state index contributed by atoms with van der Waals surface area (Å²) < 4.78 is 45.9. The van der Waals surface area contributed by atoms with Crippen molar-refractivity contribution in [1.82, 2.24) is 14.6 Å². The van der Waals surface area contributed by atoms with E-state index in [9.17, 15) is 13.2 Å². The van der Waals surface area contributed by atoms with Gasteiger partial charge in [-0.3, -0.25) is 0 Å². The second kappa shape index (κ2) is 8.38. The molecule has 2 N–H and O–H groups in total. The number of ether oxygens (including phenoxy) is 1. The normalized spacial score (nSPS) is 11.5. The number of anilines is 3. The molecule has 0 aliphatic heterocycles. The van der Waals surface area contributed by atoms with E-state index < -0.39 is 6.36 Å². The van der Waals surface area contributed by atoms with Gasteiger partial charge in [0.15, 0.2) is 5.65 Å². The van der Waals surface area contributed by atoms with Crippen LogP contribution in [0.15, 0.2) is 60.9 Å². The first-order chi connectivity index (χ1) is 14.8. The van der Waals surface area contributed by atoms with Crippen LogP contribution in [0.3, 0.4) is 0 Å². The summed E-state index contributed by atoms with van der Waals surface area (Å²) in [5, 5.41) is 7.56. The minimum Gasteiger partial charge on any atom is -0.406 e. The molecule has 0 aliphatic carbocycles. The van der Waals surface area contributed by atoms with Crippen molar-refractivity contribution >= 4 is 34.8 Å². The molecule has 4 aromatic rings. The fraction of sp³-hybridized carbons (Fsp3) is 0.143. The third-order valence-corrected chi connectivity index (χ3v) is 4.91. The third-order valence-electron chi connectivity index (χ3n) is 4.49. The molecule has 160 valence electrons. The Balaban J connectivity index is 1.62. The zero-order valence-corrected chi connectivity index (χ0v) is 17.4. The highest BCUT2D eigenvalue weighted by Crippen LogP contribution is 2.29. The van der Waals surface area contributed by atoms with Crippen LogP contribution in [-0.4, -0.2) is 27.2 Å². The highest BCUT2D eigenvalue weighted by molar-refractivity contribution is 7.99. The van der Waals surface area contributed by atoms with Crippen molar-refractivity contribution in [3.8, 4) is 16.9 Å². The number of halogens is 3. The standard InChI is InChI=1S/C21H18F3N5OS/c1-13-3-6-15(11-18(13)28-31-2)26-19-9-10-29-20(27-19)17(12-25-29)14-4-7-16(8-5-14)30-21(22,23)24/h3-12,28H,1-2H3,(H,26,27). The van der Waals surface area contributed by atoms with E-state index in [0.717, 1.165) is 16.9 Å². The van der Waals surface area contributed by atoms with Crippen LogP contribution in [0, 0.1) is 6.92 Å². The van der Waals surface area contributed by atoms with E-state index in [2.05, 4.69) is 24.9 Å². The molecule has 0 radical (unpaired) electrons. The third kappa shape index (κ3) is 4.85. The Morgan fingerprint density at radius 3 is 2.55 bits per heavy atom. The van der Waals surface area contributed by atoms with Crippen molar-refractivity contribution in [2.45, 2.75) is 13.3 Å². The molecule has 0 bridgehead atoms. The highest BCUT2D eigenvalue weighted by Gasteiger charge is 2.31. The summed E-state index contributed by atoms with van der Waals surface area (Å²) in [6, 6.07) is 13.4. The summed E-state index contributed by atoms with van der Waals surface area (Å²) in [5.74, 6) is 0.335. The number of aromatic nitrogens is 3. The lowest BCUT2D eigenvalue weighted by Gasteiger charge is -2.11. The van der Waals surface area contributed by atoms with Crippen LogP contribution in [0.1, 0.15) is 5.56 Å². The van der Waals surface area contributed by atoms with E-state index in [1.165, 1.54) is 24.1 Å². The second-order valence-corrected chi connectivity index (χ2v) is 7.28. The first kappa shape index (κ1) is 20.9. The molecule has 0 unspecified atom stereocenters. The maximum absolute atomic E-state index is 12.4. The van der Waals surface area contributed by atoms with E-state index >= 15 is 0 Å². The molecule has 2 aromatic carbocycles. The van der Waals surface area contributed by atoms with Gasteiger partial charge in [-0.2, -0.15) is 5.10 Å². The lowest BCUT2D eigenvalue weighted by Crippen LogP contribution is -2.16. The largest absolute Gasteiger partial charge is 0.573 e. The fourth-order valence-corrected chi connectivity index (χ4v) is 3.49. The topological polar surface area (TPSA) is 63.5 Å². The Kier molecular flexibility index (Phi) is 5.64. The summed E-state index contributed by atoms with van der Waals surface area (Å²) in [6.45, 7) is 2.02. The molecular formula is C21H18F3N5OS. The lowest BCUT2D eigenvalue weighted by molar-refractivity contribution is -0.274. The SMILES string of the molecule is CSNc1cc(Nc2ccn3ncc(-c4ccc(OC(F)(F)F)cc4)c3n2)ccc1C. The molecule has 0 saturated carbocycles. The minimum atomic E-state index is -4.73. The Hall–Kier alpha value is -3.40. The van der Waals surface area contributed by atoms with Gasteiger partial charge in [-0.15, -0.1) is 13.2 Å². The van der Waals surface area contributed by atoms with E-state index in [1.54, 1.807) is 35.1 Å². The van der Waals surface area contributed by atoms with Gasteiger partial charge in [0.05, 0.1) is 6.20 Å². The van der Waals surface area contributed by atoms with Crippen molar-refractivity contribution < 1.29 is 17.9 Å². The van der Waals surface area contributed by atoms with Crippen molar-refractivity contribution in [1.29, 1.82) is 0 Å². The molecule has 31 heavy (non-hydrogen) atoms. The van der Waals surface area contributed by atoms with Gasteiger partial charge in [0.1, 0.15) is 11.6 Å². The lowest BCUT2D eigenvalue weighted by atomic mass is 10.1. The maximum atomic E-state index is 12.4. The quantitative estimate of drug-likeness (QED) is 0.353. The molecule has 6 nitrogen and oxygen atoms in total. The minimum absolute atomic E-state index is 0.280. The molecule has 4 rings (SSSR count). The molecule has 0 atom stereocenters. The van der Waals surface area contributed by atoms with Crippen molar-refractivity contribution in [3.05, 3.63) is 66.5 Å². The first-order valence-electron chi connectivity index (χ1n) is 9.19. The molecule has 0 spiro atoms. The number of rotatable bonds is 6. The van der Waals surface area contributed by atoms with Gasteiger partial charge in [-0.25, -0.2) is 9.50 Å². The zero-order chi connectivity index (χ0) is 22.0. The second-order valence-electron chi connectivity index (χ2n) is 6.67. The number of alkyl halides is 3. The number of nitrogens with one attached hydrogen (secondary N) is 2. The molecule has 0 saturated heterocycles. The van der Waals surface area contributed by atoms with Gasteiger partial charge >= 0.3 is 6.36 Å². The molecule has 2 heterocycles. The van der Waals surface area contributed by atoms with Gasteiger partial charge in [0.2, 0.25) is 0 Å². The monoisotopic (exact) mass is 445 g/mol.